The van der Waals surface area contributed by atoms with Crippen LogP contribution in [0.2, 0.25) is 0 Å². The fraction of sp³-hybridized carbons (Fsp3) is 0.692. The van der Waals surface area contributed by atoms with Crippen LogP contribution in [0.4, 0.5) is 0 Å². The van der Waals surface area contributed by atoms with Gasteiger partial charge in [0, 0.05) is 0 Å². The molecular weight excluding hydrogens is 172 g/mol. The van der Waals surface area contributed by atoms with Gasteiger partial charge in [-0.15, -0.1) is 0 Å². The first kappa shape index (κ1) is 11.5. The van der Waals surface area contributed by atoms with Crippen molar-refractivity contribution in [2.75, 3.05) is 6.61 Å². The maximum absolute atomic E-state index is 8.91. The van der Waals surface area contributed by atoms with E-state index in [1.54, 1.807) is 0 Å². The molecule has 0 aromatic rings. The van der Waals surface area contributed by atoms with E-state index in [9.17, 15) is 0 Å². The van der Waals surface area contributed by atoms with E-state index in [1.165, 1.54) is 12.0 Å². The summed E-state index contributed by atoms with van der Waals surface area (Å²) in [5.41, 5.74) is 2.94. The summed E-state index contributed by atoms with van der Waals surface area (Å²) < 4.78 is 0. The van der Waals surface area contributed by atoms with Crippen LogP contribution < -0.4 is 0 Å². The molecule has 1 rings (SSSR count). The normalized spacial score (nSPS) is 26.5. The Morgan fingerprint density at radius 1 is 1.64 bits per heavy atom. The van der Waals surface area contributed by atoms with E-state index < -0.39 is 0 Å². The van der Waals surface area contributed by atoms with E-state index >= 15 is 0 Å². The lowest BCUT2D eigenvalue weighted by Gasteiger charge is -2.29. The number of rotatable bonds is 3. The SMILES string of the molecule is CC1=CC[C@H](C/C=C(\C)CO)C1(C)C. The van der Waals surface area contributed by atoms with E-state index in [1.807, 2.05) is 6.92 Å². The molecule has 0 fully saturated rings. The maximum Gasteiger partial charge on any atom is 0.0639 e. The van der Waals surface area contributed by atoms with Crippen molar-refractivity contribution < 1.29 is 5.11 Å². The summed E-state index contributed by atoms with van der Waals surface area (Å²) in [6.45, 7) is 9.04. The lowest BCUT2D eigenvalue weighted by molar-refractivity contribution is 0.292. The predicted octanol–water partition coefficient (Wildman–Crippen LogP) is 3.31. The number of aliphatic hydroxyl groups is 1. The summed E-state index contributed by atoms with van der Waals surface area (Å²) in [5, 5.41) is 8.91. The van der Waals surface area contributed by atoms with Crippen LogP contribution in [0.15, 0.2) is 23.3 Å². The molecule has 1 aliphatic carbocycles. The summed E-state index contributed by atoms with van der Waals surface area (Å²) in [5.74, 6) is 0.712. The molecule has 0 bridgehead atoms. The largest absolute Gasteiger partial charge is 0.392 e. The maximum atomic E-state index is 8.91. The van der Waals surface area contributed by atoms with Crippen molar-refractivity contribution in [2.45, 2.75) is 40.5 Å². The molecule has 1 nitrogen and oxygen atoms in total. The fourth-order valence-electron chi connectivity index (χ4n) is 2.00. The second-order valence-corrected chi connectivity index (χ2v) is 4.99. The molecule has 0 aromatic heterocycles. The van der Waals surface area contributed by atoms with Gasteiger partial charge in [-0.3, -0.25) is 0 Å². The topological polar surface area (TPSA) is 20.2 Å². The molecule has 1 heteroatoms. The van der Waals surface area contributed by atoms with Gasteiger partial charge in [0.1, 0.15) is 0 Å². The molecule has 0 radical (unpaired) electrons. The number of allylic oxidation sites excluding steroid dienone is 3. The average Bonchev–Trinajstić information content (AvgIpc) is 2.39. The molecule has 0 amide bonds. The third-order valence-corrected chi connectivity index (χ3v) is 3.75. The van der Waals surface area contributed by atoms with Crippen LogP contribution >= 0.6 is 0 Å². The smallest absolute Gasteiger partial charge is 0.0639 e. The van der Waals surface area contributed by atoms with Gasteiger partial charge in [-0.2, -0.15) is 0 Å². The van der Waals surface area contributed by atoms with E-state index in [2.05, 4.69) is 32.9 Å². The van der Waals surface area contributed by atoms with E-state index in [-0.39, 0.29) is 6.61 Å². The number of hydrogen-bond acceptors (Lipinski definition) is 1. The number of hydrogen-bond donors (Lipinski definition) is 1. The van der Waals surface area contributed by atoms with Gasteiger partial charge in [-0.1, -0.05) is 37.1 Å². The summed E-state index contributed by atoms with van der Waals surface area (Å²) in [4.78, 5) is 0. The fourth-order valence-corrected chi connectivity index (χ4v) is 2.00. The standard InChI is InChI=1S/C13H22O/c1-10(9-14)5-7-12-8-6-11(2)13(12,3)4/h5-6,12,14H,7-9H2,1-4H3/b10-5+/t12-/m0/s1. The van der Waals surface area contributed by atoms with Gasteiger partial charge in [0.15, 0.2) is 0 Å². The first-order valence-electron chi connectivity index (χ1n) is 5.42. The van der Waals surface area contributed by atoms with Crippen LogP contribution in [0.5, 0.6) is 0 Å². The highest BCUT2D eigenvalue weighted by Crippen LogP contribution is 2.44. The Labute approximate surface area is 87.5 Å². The van der Waals surface area contributed by atoms with Crippen molar-refractivity contribution in [1.82, 2.24) is 0 Å². The van der Waals surface area contributed by atoms with Gasteiger partial charge < -0.3 is 5.11 Å². The molecule has 0 saturated heterocycles. The van der Waals surface area contributed by atoms with Crippen LogP contribution in [0, 0.1) is 11.3 Å². The van der Waals surface area contributed by atoms with Crippen LogP contribution in [0.25, 0.3) is 0 Å². The Kier molecular flexibility index (Phi) is 3.54. The summed E-state index contributed by atoms with van der Waals surface area (Å²) >= 11 is 0. The van der Waals surface area contributed by atoms with Gasteiger partial charge in [-0.05, 0) is 38.0 Å². The first-order valence-corrected chi connectivity index (χ1v) is 5.42. The van der Waals surface area contributed by atoms with Gasteiger partial charge in [0.05, 0.1) is 6.61 Å². The molecule has 1 N–H and O–H groups in total. The van der Waals surface area contributed by atoms with Crippen molar-refractivity contribution in [1.29, 1.82) is 0 Å². The zero-order valence-corrected chi connectivity index (χ0v) is 9.80. The lowest BCUT2D eigenvalue weighted by atomic mass is 9.76. The van der Waals surface area contributed by atoms with Crippen molar-refractivity contribution >= 4 is 0 Å². The predicted molar refractivity (Wildman–Crippen MR) is 61.1 cm³/mol. The molecule has 1 aliphatic rings. The van der Waals surface area contributed by atoms with Crippen molar-refractivity contribution in [2.24, 2.45) is 11.3 Å². The molecule has 0 unspecified atom stereocenters. The van der Waals surface area contributed by atoms with Crippen LogP contribution in [0.3, 0.4) is 0 Å². The Bertz CT molecular complexity index is 258. The minimum Gasteiger partial charge on any atom is -0.392 e. The molecule has 0 saturated carbocycles. The van der Waals surface area contributed by atoms with E-state index in [4.69, 9.17) is 5.11 Å². The lowest BCUT2D eigenvalue weighted by Crippen LogP contribution is -2.19. The average molecular weight is 194 g/mol. The quantitative estimate of drug-likeness (QED) is 0.683. The molecule has 1 atom stereocenters. The summed E-state index contributed by atoms with van der Waals surface area (Å²) in [6, 6.07) is 0. The highest BCUT2D eigenvalue weighted by atomic mass is 16.3. The Balaban J connectivity index is 2.58. The van der Waals surface area contributed by atoms with E-state index in [0.29, 0.717) is 11.3 Å². The highest BCUT2D eigenvalue weighted by Gasteiger charge is 2.33. The molecule has 0 spiro atoms. The second kappa shape index (κ2) is 4.31. The first-order chi connectivity index (χ1) is 6.48. The Morgan fingerprint density at radius 2 is 2.29 bits per heavy atom. The third-order valence-electron chi connectivity index (χ3n) is 3.75. The molecule has 14 heavy (non-hydrogen) atoms. The summed E-state index contributed by atoms with van der Waals surface area (Å²) in [7, 11) is 0. The highest BCUT2D eigenvalue weighted by molar-refractivity contribution is 5.19. The van der Waals surface area contributed by atoms with Crippen molar-refractivity contribution in [3.8, 4) is 0 Å². The molecule has 0 aliphatic heterocycles. The van der Waals surface area contributed by atoms with E-state index in [0.717, 1.165) is 12.0 Å². The molecule has 0 aromatic carbocycles. The number of aliphatic hydroxyl groups excluding tert-OH is 1. The van der Waals surface area contributed by atoms with Gasteiger partial charge in [-0.25, -0.2) is 0 Å². The van der Waals surface area contributed by atoms with Gasteiger partial charge >= 0.3 is 0 Å². The van der Waals surface area contributed by atoms with Crippen LogP contribution in [0.1, 0.15) is 40.5 Å². The zero-order chi connectivity index (χ0) is 10.8. The summed E-state index contributed by atoms with van der Waals surface area (Å²) in [6.07, 6.45) is 6.81. The van der Waals surface area contributed by atoms with Crippen molar-refractivity contribution in [3.63, 3.8) is 0 Å². The molecule has 80 valence electrons. The van der Waals surface area contributed by atoms with Crippen molar-refractivity contribution in [3.05, 3.63) is 23.3 Å². The minimum atomic E-state index is 0.194. The van der Waals surface area contributed by atoms with Gasteiger partial charge in [0.2, 0.25) is 0 Å². The monoisotopic (exact) mass is 194 g/mol. The van der Waals surface area contributed by atoms with Gasteiger partial charge in [0.25, 0.3) is 0 Å². The Hall–Kier alpha value is -0.560. The Morgan fingerprint density at radius 3 is 2.71 bits per heavy atom. The third kappa shape index (κ3) is 2.27. The second-order valence-electron chi connectivity index (χ2n) is 4.99. The van der Waals surface area contributed by atoms with Crippen LogP contribution in [-0.4, -0.2) is 11.7 Å². The molecule has 0 heterocycles. The minimum absolute atomic E-state index is 0.194. The zero-order valence-electron chi connectivity index (χ0n) is 9.80. The van der Waals surface area contributed by atoms with Crippen LogP contribution in [-0.2, 0) is 0 Å². The molecular formula is C13H22O.